The van der Waals surface area contributed by atoms with E-state index < -0.39 is 0 Å². The van der Waals surface area contributed by atoms with Crippen molar-refractivity contribution in [2.45, 2.75) is 39.0 Å². The molecule has 1 heterocycles. The van der Waals surface area contributed by atoms with Crippen molar-refractivity contribution in [2.24, 2.45) is 5.92 Å². The zero-order valence-corrected chi connectivity index (χ0v) is 9.82. The zero-order valence-electron chi connectivity index (χ0n) is 9.82. The lowest BCUT2D eigenvalue weighted by Crippen LogP contribution is -2.13. The summed E-state index contributed by atoms with van der Waals surface area (Å²) in [6, 6.07) is 1.42. The molecule has 0 aliphatic heterocycles. The van der Waals surface area contributed by atoms with E-state index in [1.807, 2.05) is 13.8 Å². The molecule has 0 aromatic carbocycles. The maximum atomic E-state index is 11.3. The molecule has 1 aromatic rings. The lowest BCUT2D eigenvalue weighted by atomic mass is 10.2. The summed E-state index contributed by atoms with van der Waals surface area (Å²) in [6.07, 6.45) is 3.72. The van der Waals surface area contributed by atoms with Gasteiger partial charge >= 0.3 is 0 Å². The van der Waals surface area contributed by atoms with Gasteiger partial charge in [-0.3, -0.25) is 4.79 Å². The molecule has 1 N–H and O–H groups in total. The Morgan fingerprint density at radius 3 is 2.94 bits per heavy atom. The van der Waals surface area contributed by atoms with E-state index in [0.717, 1.165) is 12.3 Å². The summed E-state index contributed by atoms with van der Waals surface area (Å²) in [4.78, 5) is 18.3. The van der Waals surface area contributed by atoms with E-state index in [-0.39, 0.29) is 11.5 Å². The van der Waals surface area contributed by atoms with Gasteiger partial charge in [-0.25, -0.2) is 0 Å². The number of nitrogens with one attached hydrogen (secondary N) is 1. The first-order valence-corrected chi connectivity index (χ1v) is 5.89. The highest BCUT2D eigenvalue weighted by molar-refractivity contribution is 5.10. The number of hydrogen-bond acceptors (Lipinski definition) is 3. The van der Waals surface area contributed by atoms with Gasteiger partial charge in [0.25, 0.3) is 5.56 Å². The highest BCUT2D eigenvalue weighted by Gasteiger charge is 2.20. The Morgan fingerprint density at radius 1 is 1.56 bits per heavy atom. The molecule has 1 aliphatic carbocycles. The van der Waals surface area contributed by atoms with Gasteiger partial charge in [0.1, 0.15) is 5.82 Å². The maximum Gasteiger partial charge on any atom is 0.254 e. The minimum Gasteiger partial charge on any atom is -0.477 e. The Bertz CT molecular complexity index is 408. The van der Waals surface area contributed by atoms with Gasteiger partial charge in [-0.1, -0.05) is 26.7 Å². The Hall–Kier alpha value is -1.32. The van der Waals surface area contributed by atoms with Crippen LogP contribution >= 0.6 is 0 Å². The van der Waals surface area contributed by atoms with Gasteiger partial charge in [0, 0.05) is 5.92 Å². The molecule has 2 rings (SSSR count). The smallest absolute Gasteiger partial charge is 0.254 e. The van der Waals surface area contributed by atoms with Gasteiger partial charge in [0.15, 0.2) is 0 Å². The number of H-pyrrole nitrogens is 1. The molecule has 0 amide bonds. The van der Waals surface area contributed by atoms with Gasteiger partial charge in [-0.05, 0) is 12.3 Å². The van der Waals surface area contributed by atoms with Crippen molar-refractivity contribution < 1.29 is 4.74 Å². The molecular weight excluding hydrogens is 204 g/mol. The predicted molar refractivity (Wildman–Crippen MR) is 61.8 cm³/mol. The molecule has 0 bridgehead atoms. The lowest BCUT2D eigenvalue weighted by molar-refractivity contribution is 0.289. The molecule has 1 fully saturated rings. The van der Waals surface area contributed by atoms with Crippen molar-refractivity contribution in [3.8, 4) is 5.88 Å². The maximum absolute atomic E-state index is 11.3. The van der Waals surface area contributed by atoms with E-state index in [1.54, 1.807) is 0 Å². The average Bonchev–Trinajstić information content (AvgIpc) is 3.01. The Kier molecular flexibility index (Phi) is 3.27. The molecule has 1 aliphatic rings. The Balaban J connectivity index is 1.98. The second-order valence-corrected chi connectivity index (χ2v) is 4.70. The molecule has 0 atom stereocenters. The standard InChI is InChI=1S/C12H18N2O2/c1-8(2)12-13-10(15)7-11(14-12)16-6-5-9-3-4-9/h7-9H,3-6H2,1-2H3,(H,13,14,15). The summed E-state index contributed by atoms with van der Waals surface area (Å²) in [6.45, 7) is 4.65. The first-order chi connectivity index (χ1) is 7.65. The van der Waals surface area contributed by atoms with Crippen molar-refractivity contribution in [1.82, 2.24) is 9.97 Å². The number of nitrogens with zero attached hydrogens (tertiary/aromatic N) is 1. The molecule has 88 valence electrons. The third kappa shape index (κ3) is 3.08. The van der Waals surface area contributed by atoms with Crippen LogP contribution in [0.2, 0.25) is 0 Å². The summed E-state index contributed by atoms with van der Waals surface area (Å²) in [7, 11) is 0. The first kappa shape index (κ1) is 11.2. The van der Waals surface area contributed by atoms with E-state index >= 15 is 0 Å². The Morgan fingerprint density at radius 2 is 2.31 bits per heavy atom. The number of ether oxygens (including phenoxy) is 1. The quantitative estimate of drug-likeness (QED) is 0.829. The van der Waals surface area contributed by atoms with E-state index in [9.17, 15) is 4.79 Å². The predicted octanol–water partition coefficient (Wildman–Crippen LogP) is 2.07. The second kappa shape index (κ2) is 4.68. The monoisotopic (exact) mass is 222 g/mol. The highest BCUT2D eigenvalue weighted by Crippen LogP contribution is 2.32. The fourth-order valence-electron chi connectivity index (χ4n) is 1.54. The van der Waals surface area contributed by atoms with Gasteiger partial charge in [0.2, 0.25) is 5.88 Å². The Labute approximate surface area is 95.1 Å². The molecule has 0 spiro atoms. The number of rotatable bonds is 5. The van der Waals surface area contributed by atoms with Crippen LogP contribution in [0.3, 0.4) is 0 Å². The molecule has 0 saturated heterocycles. The molecule has 4 nitrogen and oxygen atoms in total. The molecule has 1 aromatic heterocycles. The number of aromatic amines is 1. The van der Waals surface area contributed by atoms with E-state index in [1.165, 1.54) is 18.9 Å². The minimum absolute atomic E-state index is 0.139. The van der Waals surface area contributed by atoms with Crippen molar-refractivity contribution in [3.63, 3.8) is 0 Å². The van der Waals surface area contributed by atoms with E-state index in [2.05, 4.69) is 9.97 Å². The summed E-state index contributed by atoms with van der Waals surface area (Å²) < 4.78 is 5.50. The third-order valence-corrected chi connectivity index (χ3v) is 2.76. The molecule has 16 heavy (non-hydrogen) atoms. The number of hydrogen-bond donors (Lipinski definition) is 1. The van der Waals surface area contributed by atoms with Crippen molar-refractivity contribution in [2.75, 3.05) is 6.61 Å². The topological polar surface area (TPSA) is 55.0 Å². The van der Waals surface area contributed by atoms with Gasteiger partial charge in [0.05, 0.1) is 12.7 Å². The summed E-state index contributed by atoms with van der Waals surface area (Å²) >= 11 is 0. The average molecular weight is 222 g/mol. The van der Waals surface area contributed by atoms with Gasteiger partial charge < -0.3 is 9.72 Å². The second-order valence-electron chi connectivity index (χ2n) is 4.70. The SMILES string of the molecule is CC(C)c1nc(OCCC2CC2)cc(=O)[nH]1. The largest absolute Gasteiger partial charge is 0.477 e. The highest BCUT2D eigenvalue weighted by atomic mass is 16.5. The lowest BCUT2D eigenvalue weighted by Gasteiger charge is -2.08. The van der Waals surface area contributed by atoms with Crippen LogP contribution in [0.5, 0.6) is 5.88 Å². The summed E-state index contributed by atoms with van der Waals surface area (Å²) in [5, 5.41) is 0. The zero-order chi connectivity index (χ0) is 11.5. The number of aromatic nitrogens is 2. The molecule has 0 radical (unpaired) electrons. The van der Waals surface area contributed by atoms with E-state index in [4.69, 9.17) is 4.74 Å². The van der Waals surface area contributed by atoms with Crippen molar-refractivity contribution in [1.29, 1.82) is 0 Å². The molecule has 0 unspecified atom stereocenters. The minimum atomic E-state index is -0.139. The molecule has 4 heteroatoms. The van der Waals surface area contributed by atoms with Crippen LogP contribution in [-0.4, -0.2) is 16.6 Å². The van der Waals surface area contributed by atoms with Crippen LogP contribution in [0.15, 0.2) is 10.9 Å². The van der Waals surface area contributed by atoms with Crippen molar-refractivity contribution in [3.05, 3.63) is 22.2 Å². The van der Waals surface area contributed by atoms with Crippen molar-refractivity contribution >= 4 is 0 Å². The van der Waals surface area contributed by atoms with Gasteiger partial charge in [-0.15, -0.1) is 0 Å². The summed E-state index contributed by atoms with van der Waals surface area (Å²) in [5.74, 6) is 2.19. The van der Waals surface area contributed by atoms with Crippen LogP contribution in [0.1, 0.15) is 44.9 Å². The van der Waals surface area contributed by atoms with Crippen LogP contribution < -0.4 is 10.3 Å². The fraction of sp³-hybridized carbons (Fsp3) is 0.667. The normalized spacial score (nSPS) is 15.4. The van der Waals surface area contributed by atoms with Gasteiger partial charge in [-0.2, -0.15) is 4.98 Å². The molecule has 1 saturated carbocycles. The van der Waals surface area contributed by atoms with Crippen LogP contribution in [0.4, 0.5) is 0 Å². The molecular formula is C12H18N2O2. The fourth-order valence-corrected chi connectivity index (χ4v) is 1.54. The van der Waals surface area contributed by atoms with Crippen LogP contribution in [0, 0.1) is 5.92 Å². The van der Waals surface area contributed by atoms with Crippen LogP contribution in [0.25, 0.3) is 0 Å². The van der Waals surface area contributed by atoms with Crippen LogP contribution in [-0.2, 0) is 0 Å². The third-order valence-electron chi connectivity index (χ3n) is 2.76. The van der Waals surface area contributed by atoms with E-state index in [0.29, 0.717) is 18.3 Å². The first-order valence-electron chi connectivity index (χ1n) is 5.89. The summed E-state index contributed by atoms with van der Waals surface area (Å²) in [5.41, 5.74) is -0.139.